The Kier molecular flexibility index (Phi) is 2.50. The summed E-state index contributed by atoms with van der Waals surface area (Å²) in [4.78, 5) is 18.0. The van der Waals surface area contributed by atoms with Crippen molar-refractivity contribution in [2.45, 2.75) is 52.6 Å². The van der Waals surface area contributed by atoms with Crippen molar-refractivity contribution in [1.29, 1.82) is 0 Å². The minimum Gasteiger partial charge on any atom is -0.298 e. The molecule has 0 aromatic carbocycles. The molecule has 0 N–H and O–H groups in total. The molecule has 4 aliphatic heterocycles. The maximum Gasteiger partial charge on any atom is 0.150 e. The molecule has 0 aromatic heterocycles. The van der Waals surface area contributed by atoms with E-state index in [2.05, 4.69) is 37.5 Å². The molecule has 18 heavy (non-hydrogen) atoms. The fraction of sp³-hybridized carbons (Fsp3) is 0.933. The summed E-state index contributed by atoms with van der Waals surface area (Å²) in [5, 5.41) is 0. The van der Waals surface area contributed by atoms with Crippen molar-refractivity contribution in [3.8, 4) is 0 Å². The Labute approximate surface area is 111 Å². The van der Waals surface area contributed by atoms with Crippen molar-refractivity contribution in [2.75, 3.05) is 26.2 Å². The second-order valence-electron chi connectivity index (χ2n) is 7.20. The first-order chi connectivity index (χ1) is 8.40. The summed E-state index contributed by atoms with van der Waals surface area (Å²) in [6.45, 7) is 13.0. The fourth-order valence-electron chi connectivity index (χ4n) is 4.79. The van der Waals surface area contributed by atoms with Crippen molar-refractivity contribution in [3.63, 3.8) is 0 Å². The number of ketones is 1. The van der Waals surface area contributed by atoms with Gasteiger partial charge in [0, 0.05) is 26.2 Å². The number of carbonyl (C=O) groups excluding carboxylic acids is 1. The number of Topliss-reactive ketones (excluding diaryl/α,β-unsaturated/α-hetero) is 1. The van der Waals surface area contributed by atoms with Crippen molar-refractivity contribution in [1.82, 2.24) is 9.80 Å². The molecule has 102 valence electrons. The van der Waals surface area contributed by atoms with E-state index in [1.54, 1.807) is 0 Å². The maximum atomic E-state index is 12.9. The molecule has 4 heterocycles. The summed E-state index contributed by atoms with van der Waals surface area (Å²) in [7, 11) is 0. The molecule has 4 rings (SSSR count). The topological polar surface area (TPSA) is 23.6 Å². The summed E-state index contributed by atoms with van der Waals surface area (Å²) in [6, 6.07) is 0. The van der Waals surface area contributed by atoms with Gasteiger partial charge in [0.1, 0.15) is 5.78 Å². The summed E-state index contributed by atoms with van der Waals surface area (Å²) in [5.74, 6) is 0.558. The van der Waals surface area contributed by atoms with Gasteiger partial charge in [-0.3, -0.25) is 14.6 Å². The van der Waals surface area contributed by atoms with Gasteiger partial charge in [0.15, 0.2) is 0 Å². The zero-order chi connectivity index (χ0) is 13.2. The average Bonchev–Trinajstić information content (AvgIpc) is 2.30. The van der Waals surface area contributed by atoms with Gasteiger partial charge >= 0.3 is 0 Å². The molecule has 4 fully saturated rings. The van der Waals surface area contributed by atoms with E-state index in [0.29, 0.717) is 5.78 Å². The molecule has 3 heteroatoms. The highest BCUT2D eigenvalue weighted by Gasteiger charge is 2.65. The first-order valence-electron chi connectivity index (χ1n) is 7.45. The maximum absolute atomic E-state index is 12.9. The molecule has 4 saturated heterocycles. The van der Waals surface area contributed by atoms with Gasteiger partial charge in [-0.25, -0.2) is 0 Å². The Morgan fingerprint density at radius 2 is 1.61 bits per heavy atom. The molecule has 0 saturated carbocycles. The summed E-state index contributed by atoms with van der Waals surface area (Å²) in [5.41, 5.74) is 0.0203. The quantitative estimate of drug-likeness (QED) is 0.766. The van der Waals surface area contributed by atoms with Crippen molar-refractivity contribution in [2.24, 2.45) is 10.8 Å². The van der Waals surface area contributed by atoms with Crippen LogP contribution in [0, 0.1) is 10.8 Å². The van der Waals surface area contributed by atoms with E-state index < -0.39 is 0 Å². The van der Waals surface area contributed by atoms with Crippen LogP contribution in [0.25, 0.3) is 0 Å². The lowest BCUT2D eigenvalue weighted by atomic mass is 9.58. The molecular weight excluding hydrogens is 224 g/mol. The Bertz CT molecular complexity index is 374. The molecule has 0 aromatic rings. The smallest absolute Gasteiger partial charge is 0.150 e. The number of piperidine rings is 2. The van der Waals surface area contributed by atoms with Crippen LogP contribution < -0.4 is 0 Å². The van der Waals surface area contributed by atoms with Crippen LogP contribution in [0.2, 0.25) is 0 Å². The van der Waals surface area contributed by atoms with Crippen molar-refractivity contribution >= 4 is 5.78 Å². The summed E-state index contributed by atoms with van der Waals surface area (Å²) >= 11 is 0. The van der Waals surface area contributed by atoms with Gasteiger partial charge in [-0.05, 0) is 19.8 Å². The van der Waals surface area contributed by atoms with Crippen LogP contribution in [0.15, 0.2) is 0 Å². The lowest BCUT2D eigenvalue weighted by Gasteiger charge is -2.69. The lowest BCUT2D eigenvalue weighted by Crippen LogP contribution is -2.82. The Balaban J connectivity index is 2.03. The molecule has 0 radical (unpaired) electrons. The van der Waals surface area contributed by atoms with E-state index >= 15 is 0 Å². The first kappa shape index (κ1) is 12.6. The minimum absolute atomic E-state index is 0.0608. The second-order valence-corrected chi connectivity index (χ2v) is 7.20. The highest BCUT2D eigenvalue weighted by molar-refractivity contribution is 5.93. The highest BCUT2D eigenvalue weighted by Crippen LogP contribution is 2.53. The van der Waals surface area contributed by atoms with Crippen LogP contribution in [-0.2, 0) is 4.79 Å². The number of hydrogen-bond donors (Lipinski definition) is 0. The lowest BCUT2D eigenvalue weighted by molar-refractivity contribution is -0.229. The van der Waals surface area contributed by atoms with E-state index in [9.17, 15) is 4.79 Å². The van der Waals surface area contributed by atoms with E-state index in [4.69, 9.17) is 0 Å². The molecule has 4 aliphatic rings. The van der Waals surface area contributed by atoms with Crippen LogP contribution in [0.3, 0.4) is 0 Å². The third-order valence-corrected chi connectivity index (χ3v) is 5.86. The van der Waals surface area contributed by atoms with Gasteiger partial charge < -0.3 is 0 Å². The summed E-state index contributed by atoms with van der Waals surface area (Å²) in [6.07, 6.45) is 3.33. The van der Waals surface area contributed by atoms with Gasteiger partial charge in [-0.2, -0.15) is 0 Å². The molecule has 2 unspecified atom stereocenters. The van der Waals surface area contributed by atoms with Gasteiger partial charge in [0.2, 0.25) is 0 Å². The van der Waals surface area contributed by atoms with Gasteiger partial charge in [0.25, 0.3) is 0 Å². The monoisotopic (exact) mass is 250 g/mol. The molecule has 4 bridgehead atoms. The predicted molar refractivity (Wildman–Crippen MR) is 72.3 cm³/mol. The van der Waals surface area contributed by atoms with Crippen LogP contribution in [0.1, 0.15) is 47.0 Å². The van der Waals surface area contributed by atoms with Gasteiger partial charge in [-0.1, -0.05) is 27.2 Å². The normalized spacial score (nSPS) is 54.1. The zero-order valence-corrected chi connectivity index (χ0v) is 12.3. The van der Waals surface area contributed by atoms with Crippen LogP contribution in [0.5, 0.6) is 0 Å². The number of nitrogens with zero attached hydrogens (tertiary/aromatic N) is 2. The minimum atomic E-state index is -0.111. The van der Waals surface area contributed by atoms with Crippen LogP contribution in [0.4, 0.5) is 0 Å². The van der Waals surface area contributed by atoms with Crippen molar-refractivity contribution < 1.29 is 4.79 Å². The van der Waals surface area contributed by atoms with Gasteiger partial charge in [-0.15, -0.1) is 0 Å². The molecule has 0 aliphatic carbocycles. The Morgan fingerprint density at radius 3 is 2.06 bits per heavy atom. The molecule has 0 amide bonds. The third kappa shape index (κ3) is 1.30. The van der Waals surface area contributed by atoms with Crippen LogP contribution in [-0.4, -0.2) is 47.4 Å². The first-order valence-corrected chi connectivity index (χ1v) is 7.45. The number of hydrogen-bond acceptors (Lipinski definition) is 3. The van der Waals surface area contributed by atoms with Crippen molar-refractivity contribution in [3.05, 3.63) is 0 Å². The Hall–Kier alpha value is -0.410. The van der Waals surface area contributed by atoms with E-state index in [1.165, 1.54) is 0 Å². The molecule has 2 atom stereocenters. The zero-order valence-electron chi connectivity index (χ0n) is 12.3. The van der Waals surface area contributed by atoms with Gasteiger partial charge in [0.05, 0.1) is 16.5 Å². The second kappa shape index (κ2) is 3.57. The number of rotatable bonds is 3. The van der Waals surface area contributed by atoms with E-state index in [-0.39, 0.29) is 16.5 Å². The fourth-order valence-corrected chi connectivity index (χ4v) is 4.79. The van der Waals surface area contributed by atoms with E-state index in [1.807, 2.05) is 0 Å². The molecule has 3 nitrogen and oxygen atoms in total. The molecule has 0 spiro atoms. The summed E-state index contributed by atoms with van der Waals surface area (Å²) < 4.78 is 0. The third-order valence-electron chi connectivity index (χ3n) is 5.86. The van der Waals surface area contributed by atoms with Crippen LogP contribution >= 0.6 is 0 Å². The predicted octanol–water partition coefficient (Wildman–Crippen LogP) is 2.12. The largest absolute Gasteiger partial charge is 0.298 e. The molecular formula is C15H26N2O. The standard InChI is InChI=1S/C15H26N2O/c1-5-7-15-10-16-8-13(3,12(15)18)9-17(11-15)14(16,4)6-2/h5-11H2,1-4H3. The highest BCUT2D eigenvalue weighted by atomic mass is 16.1. The number of carbonyl (C=O) groups is 1. The SMILES string of the molecule is CCCC12CN3CC(C)(CN(C1)C3(C)CC)C2=O. The Morgan fingerprint density at radius 1 is 1.06 bits per heavy atom. The van der Waals surface area contributed by atoms with E-state index in [0.717, 1.165) is 45.4 Å². The average molecular weight is 250 g/mol.